The van der Waals surface area contributed by atoms with Gasteiger partial charge in [0, 0.05) is 0 Å². The van der Waals surface area contributed by atoms with Crippen LogP contribution in [-0.4, -0.2) is 0 Å². The van der Waals surface area contributed by atoms with Crippen LogP contribution < -0.4 is 34.7 Å². The van der Waals surface area contributed by atoms with Gasteiger partial charge in [0.15, 0.2) is 0 Å². The Morgan fingerprint density at radius 2 is 1.14 bits per heavy atom. The molecule has 22 heavy (non-hydrogen) atoms. The molecule has 0 saturated heterocycles. The van der Waals surface area contributed by atoms with E-state index in [4.69, 9.17) is 0 Å². The predicted molar refractivity (Wildman–Crippen MR) is 86.3 cm³/mol. The SMILES string of the molecule is [Na+].[O-]c1ccc2ccccc2c1-c1cccc2ccccc12. The monoisotopic (exact) mass is 292 g/mol. The summed E-state index contributed by atoms with van der Waals surface area (Å²) >= 11 is 0. The maximum Gasteiger partial charge on any atom is 1.00 e. The second kappa shape index (κ2) is 6.13. The summed E-state index contributed by atoms with van der Waals surface area (Å²) in [5.41, 5.74) is 1.81. The van der Waals surface area contributed by atoms with Gasteiger partial charge >= 0.3 is 29.6 Å². The van der Waals surface area contributed by atoms with Crippen LogP contribution in [0.15, 0.2) is 78.9 Å². The minimum atomic E-state index is 0. The molecule has 100 valence electrons. The van der Waals surface area contributed by atoms with E-state index in [1.807, 2.05) is 54.6 Å². The molecule has 4 rings (SSSR count). The molecular formula is C20H13NaO. The van der Waals surface area contributed by atoms with Crippen LogP contribution in [0.4, 0.5) is 0 Å². The maximum absolute atomic E-state index is 12.5. The Morgan fingerprint density at radius 3 is 1.91 bits per heavy atom. The molecule has 4 aromatic carbocycles. The Labute approximate surface area is 151 Å². The fourth-order valence-corrected chi connectivity index (χ4v) is 2.97. The van der Waals surface area contributed by atoms with E-state index in [9.17, 15) is 5.11 Å². The fraction of sp³-hybridized carbons (Fsp3) is 0. The molecule has 4 aromatic rings. The van der Waals surface area contributed by atoms with Gasteiger partial charge in [-0.1, -0.05) is 78.9 Å². The van der Waals surface area contributed by atoms with Gasteiger partial charge in [0.05, 0.1) is 0 Å². The van der Waals surface area contributed by atoms with Crippen molar-refractivity contribution in [2.24, 2.45) is 0 Å². The molecule has 0 aliphatic rings. The second-order valence-electron chi connectivity index (χ2n) is 5.19. The van der Waals surface area contributed by atoms with Gasteiger partial charge in [0.25, 0.3) is 0 Å². The number of hydrogen-bond acceptors (Lipinski definition) is 1. The smallest absolute Gasteiger partial charge is 0.872 e. The van der Waals surface area contributed by atoms with Crippen molar-refractivity contribution in [2.75, 3.05) is 0 Å². The Kier molecular flexibility index (Phi) is 4.21. The van der Waals surface area contributed by atoms with E-state index >= 15 is 0 Å². The zero-order chi connectivity index (χ0) is 14.2. The molecule has 0 atom stereocenters. The minimum Gasteiger partial charge on any atom is -0.872 e. The van der Waals surface area contributed by atoms with Gasteiger partial charge in [-0.25, -0.2) is 0 Å². The quantitative estimate of drug-likeness (QED) is 0.490. The summed E-state index contributed by atoms with van der Waals surface area (Å²) in [6.45, 7) is 0. The predicted octanol–water partition coefficient (Wildman–Crippen LogP) is 1.74. The van der Waals surface area contributed by atoms with E-state index in [-0.39, 0.29) is 35.3 Å². The molecular weight excluding hydrogens is 279 g/mol. The molecule has 0 N–H and O–H groups in total. The maximum atomic E-state index is 12.5. The first kappa shape index (κ1) is 15.1. The molecule has 0 amide bonds. The molecule has 0 heterocycles. The van der Waals surface area contributed by atoms with Gasteiger partial charge in [0.1, 0.15) is 0 Å². The zero-order valence-corrected chi connectivity index (χ0v) is 14.4. The van der Waals surface area contributed by atoms with Crippen molar-refractivity contribution < 1.29 is 34.7 Å². The van der Waals surface area contributed by atoms with Crippen LogP contribution in [0.2, 0.25) is 0 Å². The first-order valence-electron chi connectivity index (χ1n) is 7.01. The van der Waals surface area contributed by atoms with Crippen molar-refractivity contribution >= 4 is 21.5 Å². The van der Waals surface area contributed by atoms with Gasteiger partial charge in [-0.15, -0.1) is 5.75 Å². The summed E-state index contributed by atoms with van der Waals surface area (Å²) in [6.07, 6.45) is 0. The first-order valence-corrected chi connectivity index (χ1v) is 7.01. The molecule has 0 spiro atoms. The third-order valence-electron chi connectivity index (χ3n) is 3.95. The van der Waals surface area contributed by atoms with Gasteiger partial charge in [-0.05, 0) is 32.7 Å². The van der Waals surface area contributed by atoms with E-state index < -0.39 is 0 Å². The summed E-state index contributed by atoms with van der Waals surface area (Å²) in [5.74, 6) is 0.0741. The van der Waals surface area contributed by atoms with Crippen LogP contribution in [0.3, 0.4) is 0 Å². The molecule has 0 radical (unpaired) electrons. The van der Waals surface area contributed by atoms with E-state index in [0.29, 0.717) is 0 Å². The van der Waals surface area contributed by atoms with E-state index in [1.54, 1.807) is 6.07 Å². The number of fused-ring (bicyclic) bond motifs is 2. The summed E-state index contributed by atoms with van der Waals surface area (Å²) in [4.78, 5) is 0. The molecule has 0 aliphatic carbocycles. The van der Waals surface area contributed by atoms with Gasteiger partial charge in [-0.2, -0.15) is 0 Å². The number of rotatable bonds is 1. The Bertz CT molecular complexity index is 955. The van der Waals surface area contributed by atoms with Gasteiger partial charge in [-0.3, -0.25) is 0 Å². The van der Waals surface area contributed by atoms with Crippen molar-refractivity contribution in [1.82, 2.24) is 0 Å². The van der Waals surface area contributed by atoms with Crippen molar-refractivity contribution in [3.8, 4) is 16.9 Å². The third-order valence-corrected chi connectivity index (χ3v) is 3.95. The molecule has 0 aromatic heterocycles. The largest absolute Gasteiger partial charge is 1.00 e. The Balaban J connectivity index is 0.00000144. The second-order valence-corrected chi connectivity index (χ2v) is 5.19. The normalized spacial score (nSPS) is 10.5. The average molecular weight is 292 g/mol. The van der Waals surface area contributed by atoms with Gasteiger partial charge in [0.2, 0.25) is 0 Å². The van der Waals surface area contributed by atoms with Crippen LogP contribution in [0.1, 0.15) is 0 Å². The molecule has 0 saturated carbocycles. The van der Waals surface area contributed by atoms with Crippen LogP contribution in [0.5, 0.6) is 5.75 Å². The fourth-order valence-electron chi connectivity index (χ4n) is 2.97. The van der Waals surface area contributed by atoms with Crippen LogP contribution in [0, 0.1) is 0 Å². The van der Waals surface area contributed by atoms with Crippen LogP contribution >= 0.6 is 0 Å². The third kappa shape index (κ3) is 2.42. The van der Waals surface area contributed by atoms with Crippen molar-refractivity contribution in [3.05, 3.63) is 78.9 Å². The van der Waals surface area contributed by atoms with Crippen LogP contribution in [0.25, 0.3) is 32.7 Å². The molecule has 0 bridgehead atoms. The topological polar surface area (TPSA) is 23.1 Å². The average Bonchev–Trinajstić information content (AvgIpc) is 2.54. The van der Waals surface area contributed by atoms with E-state index in [2.05, 4.69) is 18.2 Å². The van der Waals surface area contributed by atoms with E-state index in [0.717, 1.165) is 32.7 Å². The Hall–Kier alpha value is -1.80. The van der Waals surface area contributed by atoms with Crippen molar-refractivity contribution in [1.29, 1.82) is 0 Å². The first-order chi connectivity index (χ1) is 10.3. The van der Waals surface area contributed by atoms with Crippen molar-refractivity contribution in [3.63, 3.8) is 0 Å². The minimum absolute atomic E-state index is 0. The van der Waals surface area contributed by atoms with E-state index in [1.165, 1.54) is 0 Å². The van der Waals surface area contributed by atoms with Crippen molar-refractivity contribution in [2.45, 2.75) is 0 Å². The summed E-state index contributed by atoms with van der Waals surface area (Å²) < 4.78 is 0. The summed E-state index contributed by atoms with van der Waals surface area (Å²) in [7, 11) is 0. The standard InChI is InChI=1S/C20H14O.Na/c21-19-13-12-15-7-2-4-10-17(15)20(19)18-11-5-8-14-6-1-3-9-16(14)18;/h1-13,21H;/q;+1/p-1. The molecule has 2 heteroatoms. The Morgan fingerprint density at radius 1 is 0.545 bits per heavy atom. The number of benzene rings is 4. The van der Waals surface area contributed by atoms with Gasteiger partial charge < -0.3 is 5.11 Å². The molecule has 1 nitrogen and oxygen atoms in total. The molecule has 0 unspecified atom stereocenters. The molecule has 0 aliphatic heterocycles. The zero-order valence-electron chi connectivity index (χ0n) is 12.4. The summed E-state index contributed by atoms with van der Waals surface area (Å²) in [5, 5.41) is 16.9. The molecule has 0 fully saturated rings. The number of hydrogen-bond donors (Lipinski definition) is 0. The summed E-state index contributed by atoms with van der Waals surface area (Å²) in [6, 6.07) is 25.9. The van der Waals surface area contributed by atoms with Crippen LogP contribution in [-0.2, 0) is 0 Å².